The van der Waals surface area contributed by atoms with Crippen molar-refractivity contribution in [1.82, 2.24) is 10.3 Å². The lowest BCUT2D eigenvalue weighted by molar-refractivity contribution is -0.390. The SMILES string of the molecule is C[C@H]1CCCC[C@@H]1NC(=O)COc1cccnc1[N+](=O)[O-]. The van der Waals surface area contributed by atoms with Gasteiger partial charge in [-0.15, -0.1) is 0 Å². The third-order valence-corrected chi connectivity index (χ3v) is 3.74. The summed E-state index contributed by atoms with van der Waals surface area (Å²) in [4.78, 5) is 25.7. The largest absolute Gasteiger partial charge is 0.476 e. The van der Waals surface area contributed by atoms with E-state index in [2.05, 4.69) is 17.2 Å². The van der Waals surface area contributed by atoms with Gasteiger partial charge in [-0.05, 0) is 40.8 Å². The summed E-state index contributed by atoms with van der Waals surface area (Å²) in [7, 11) is 0. The van der Waals surface area contributed by atoms with Gasteiger partial charge in [-0.1, -0.05) is 19.8 Å². The summed E-state index contributed by atoms with van der Waals surface area (Å²) in [5.41, 5.74) is 0. The van der Waals surface area contributed by atoms with Crippen LogP contribution in [0.4, 0.5) is 5.82 Å². The fraction of sp³-hybridized carbons (Fsp3) is 0.571. The van der Waals surface area contributed by atoms with Crippen molar-refractivity contribution in [1.29, 1.82) is 0 Å². The van der Waals surface area contributed by atoms with Crippen LogP contribution in [0, 0.1) is 16.0 Å². The van der Waals surface area contributed by atoms with E-state index in [9.17, 15) is 14.9 Å². The fourth-order valence-corrected chi connectivity index (χ4v) is 2.55. The molecule has 1 aromatic heterocycles. The van der Waals surface area contributed by atoms with Crippen LogP contribution in [0.2, 0.25) is 0 Å². The van der Waals surface area contributed by atoms with Crippen molar-refractivity contribution in [3.05, 3.63) is 28.4 Å². The maximum absolute atomic E-state index is 11.9. The summed E-state index contributed by atoms with van der Waals surface area (Å²) in [5, 5.41) is 13.7. The Kier molecular flexibility index (Phi) is 5.08. The van der Waals surface area contributed by atoms with Crippen molar-refractivity contribution in [2.75, 3.05) is 6.61 Å². The van der Waals surface area contributed by atoms with E-state index in [-0.39, 0.29) is 30.1 Å². The van der Waals surface area contributed by atoms with Gasteiger partial charge in [0, 0.05) is 6.04 Å². The minimum Gasteiger partial charge on any atom is -0.476 e. The lowest BCUT2D eigenvalue weighted by atomic mass is 9.86. The first kappa shape index (κ1) is 15.2. The molecular formula is C14H19N3O4. The third-order valence-electron chi connectivity index (χ3n) is 3.74. The summed E-state index contributed by atoms with van der Waals surface area (Å²) in [6, 6.07) is 3.13. The maximum Gasteiger partial charge on any atom is 0.406 e. The van der Waals surface area contributed by atoms with Gasteiger partial charge in [-0.2, -0.15) is 0 Å². The molecule has 1 fully saturated rings. The summed E-state index contributed by atoms with van der Waals surface area (Å²) in [6.07, 6.45) is 5.71. The van der Waals surface area contributed by atoms with E-state index < -0.39 is 4.92 Å². The molecule has 0 radical (unpaired) electrons. The number of rotatable bonds is 5. The van der Waals surface area contributed by atoms with Crippen molar-refractivity contribution in [3.8, 4) is 5.75 Å². The van der Waals surface area contributed by atoms with Crippen LogP contribution in [0.1, 0.15) is 32.6 Å². The second kappa shape index (κ2) is 7.01. The number of nitrogens with zero attached hydrogens (tertiary/aromatic N) is 2. The molecule has 21 heavy (non-hydrogen) atoms. The third kappa shape index (κ3) is 4.14. The van der Waals surface area contributed by atoms with Crippen molar-refractivity contribution in [2.24, 2.45) is 5.92 Å². The Morgan fingerprint density at radius 3 is 3.00 bits per heavy atom. The number of aromatic nitrogens is 1. The van der Waals surface area contributed by atoms with Crippen molar-refractivity contribution in [3.63, 3.8) is 0 Å². The number of carbonyl (C=O) groups excluding carboxylic acids is 1. The highest BCUT2D eigenvalue weighted by Gasteiger charge is 2.23. The Morgan fingerprint density at radius 2 is 2.29 bits per heavy atom. The minimum atomic E-state index is -0.629. The van der Waals surface area contributed by atoms with E-state index >= 15 is 0 Å². The van der Waals surface area contributed by atoms with E-state index in [1.807, 2.05) is 0 Å². The molecule has 1 heterocycles. The van der Waals surface area contributed by atoms with Gasteiger partial charge in [-0.25, -0.2) is 0 Å². The maximum atomic E-state index is 11.9. The molecule has 7 heteroatoms. The van der Waals surface area contributed by atoms with Crippen molar-refractivity contribution < 1.29 is 14.5 Å². The summed E-state index contributed by atoms with van der Waals surface area (Å²) in [6.45, 7) is 1.88. The van der Waals surface area contributed by atoms with Crippen LogP contribution in [0.25, 0.3) is 0 Å². The van der Waals surface area contributed by atoms with Gasteiger partial charge in [0.05, 0.1) is 0 Å². The highest BCUT2D eigenvalue weighted by molar-refractivity contribution is 5.78. The van der Waals surface area contributed by atoms with Gasteiger partial charge in [0.2, 0.25) is 5.75 Å². The molecule has 1 aliphatic rings. The molecule has 2 rings (SSSR count). The second-order valence-corrected chi connectivity index (χ2v) is 5.31. The molecule has 2 atom stereocenters. The number of nitrogens with one attached hydrogen (secondary N) is 1. The number of hydrogen-bond acceptors (Lipinski definition) is 5. The zero-order chi connectivity index (χ0) is 15.2. The average molecular weight is 293 g/mol. The van der Waals surface area contributed by atoms with E-state index in [1.165, 1.54) is 24.8 Å². The molecule has 1 saturated carbocycles. The minimum absolute atomic E-state index is 0.00865. The lowest BCUT2D eigenvalue weighted by Crippen LogP contribution is -2.43. The average Bonchev–Trinajstić information content (AvgIpc) is 2.48. The zero-order valence-electron chi connectivity index (χ0n) is 11.9. The number of carbonyl (C=O) groups is 1. The number of hydrogen-bond donors (Lipinski definition) is 1. The molecule has 0 saturated heterocycles. The smallest absolute Gasteiger partial charge is 0.406 e. The number of nitro groups is 1. The molecule has 0 aromatic carbocycles. The molecule has 7 nitrogen and oxygen atoms in total. The second-order valence-electron chi connectivity index (χ2n) is 5.31. The zero-order valence-corrected chi connectivity index (χ0v) is 11.9. The predicted octanol–water partition coefficient (Wildman–Crippen LogP) is 2.06. The highest BCUT2D eigenvalue weighted by Crippen LogP contribution is 2.24. The molecule has 1 aromatic rings. The first-order valence-electron chi connectivity index (χ1n) is 7.09. The van der Waals surface area contributed by atoms with Gasteiger partial charge in [-0.3, -0.25) is 4.79 Å². The Hall–Kier alpha value is -2.18. The molecule has 1 aliphatic carbocycles. The van der Waals surface area contributed by atoms with Crippen LogP contribution < -0.4 is 10.1 Å². The summed E-state index contributed by atoms with van der Waals surface area (Å²) in [5.74, 6) is -0.173. The molecular weight excluding hydrogens is 274 g/mol. The van der Waals surface area contributed by atoms with Crippen LogP contribution >= 0.6 is 0 Å². The van der Waals surface area contributed by atoms with Gasteiger partial charge in [0.1, 0.15) is 6.20 Å². The molecule has 1 N–H and O–H groups in total. The predicted molar refractivity (Wildman–Crippen MR) is 75.9 cm³/mol. The van der Waals surface area contributed by atoms with Crippen LogP contribution in [0.5, 0.6) is 5.75 Å². The highest BCUT2D eigenvalue weighted by atomic mass is 16.6. The Morgan fingerprint density at radius 1 is 1.52 bits per heavy atom. The summed E-state index contributed by atoms with van der Waals surface area (Å²) >= 11 is 0. The molecule has 114 valence electrons. The Balaban J connectivity index is 1.88. The topological polar surface area (TPSA) is 94.4 Å². The molecule has 0 unspecified atom stereocenters. The normalized spacial score (nSPS) is 21.6. The first-order chi connectivity index (χ1) is 10.1. The van der Waals surface area contributed by atoms with Gasteiger partial charge in [0.25, 0.3) is 5.91 Å². The number of amides is 1. The van der Waals surface area contributed by atoms with E-state index in [0.717, 1.165) is 19.3 Å². The van der Waals surface area contributed by atoms with Crippen LogP contribution in [-0.4, -0.2) is 28.5 Å². The number of pyridine rings is 1. The molecule has 0 spiro atoms. The van der Waals surface area contributed by atoms with Gasteiger partial charge in [0.15, 0.2) is 6.61 Å². The molecule has 0 aliphatic heterocycles. The Labute approximate surface area is 122 Å². The van der Waals surface area contributed by atoms with Gasteiger partial charge >= 0.3 is 5.82 Å². The van der Waals surface area contributed by atoms with Crippen molar-refractivity contribution >= 4 is 11.7 Å². The van der Waals surface area contributed by atoms with Crippen molar-refractivity contribution in [2.45, 2.75) is 38.6 Å². The standard InChI is InChI=1S/C14H19N3O4/c1-10-5-2-3-6-11(10)16-13(18)9-21-12-7-4-8-15-14(12)17(19)20/h4,7-8,10-11H,2-3,5-6,9H2,1H3,(H,16,18)/t10-,11-/m0/s1. The fourth-order valence-electron chi connectivity index (χ4n) is 2.55. The van der Waals surface area contributed by atoms with E-state index in [0.29, 0.717) is 5.92 Å². The molecule has 1 amide bonds. The summed E-state index contributed by atoms with van der Waals surface area (Å²) < 4.78 is 5.22. The van der Waals surface area contributed by atoms with Crippen LogP contribution in [0.3, 0.4) is 0 Å². The van der Waals surface area contributed by atoms with E-state index in [4.69, 9.17) is 4.74 Å². The number of ether oxygens (including phenoxy) is 1. The molecule has 0 bridgehead atoms. The van der Waals surface area contributed by atoms with E-state index in [1.54, 1.807) is 0 Å². The Bertz CT molecular complexity index is 521. The lowest BCUT2D eigenvalue weighted by Gasteiger charge is -2.29. The quantitative estimate of drug-likeness (QED) is 0.662. The van der Waals surface area contributed by atoms with Gasteiger partial charge < -0.3 is 20.2 Å². The van der Waals surface area contributed by atoms with Crippen LogP contribution in [0.15, 0.2) is 18.3 Å². The van der Waals surface area contributed by atoms with Crippen LogP contribution in [-0.2, 0) is 4.79 Å². The first-order valence-corrected chi connectivity index (χ1v) is 7.09. The monoisotopic (exact) mass is 293 g/mol.